The molecule has 1 unspecified atom stereocenters. The molecule has 1 aromatic carbocycles. The first-order valence-electron chi connectivity index (χ1n) is 10.6. The fraction of sp³-hybridized carbons (Fsp3) is 0.739. The number of benzene rings is 1. The maximum Gasteiger partial charge on any atom is 0.162 e. The summed E-state index contributed by atoms with van der Waals surface area (Å²) in [5.74, 6) is 1.15. The molecule has 2 aliphatic carbocycles. The van der Waals surface area contributed by atoms with Gasteiger partial charge in [0.2, 0.25) is 0 Å². The van der Waals surface area contributed by atoms with Crippen molar-refractivity contribution in [2.24, 2.45) is 17.8 Å². The standard InChI is InChI=1S/C23H34F2/c1-2-3-4-5-6-7-17-8-10-18(11-9-17)19-12-14-21-20(16-19)13-15-22(24)23(21)25/h13,15,17-19H,2-12,14,16H2,1H3. The molecule has 0 saturated heterocycles. The van der Waals surface area contributed by atoms with Crippen LogP contribution in [-0.4, -0.2) is 0 Å². The molecule has 0 spiro atoms. The Labute approximate surface area is 152 Å². The van der Waals surface area contributed by atoms with E-state index in [1.165, 1.54) is 70.3 Å². The van der Waals surface area contributed by atoms with Crippen LogP contribution in [0.1, 0.15) is 88.7 Å². The molecule has 1 atom stereocenters. The first-order valence-corrected chi connectivity index (χ1v) is 10.6. The van der Waals surface area contributed by atoms with Crippen molar-refractivity contribution in [3.05, 3.63) is 34.9 Å². The molecule has 0 N–H and O–H groups in total. The van der Waals surface area contributed by atoms with Gasteiger partial charge in [-0.05, 0) is 67.1 Å². The lowest BCUT2D eigenvalue weighted by Gasteiger charge is -2.36. The Kier molecular flexibility index (Phi) is 6.90. The summed E-state index contributed by atoms with van der Waals surface area (Å²) in [6, 6.07) is 3.13. The van der Waals surface area contributed by atoms with Crippen LogP contribution in [0.5, 0.6) is 0 Å². The molecule has 0 amide bonds. The van der Waals surface area contributed by atoms with Gasteiger partial charge in [-0.3, -0.25) is 0 Å². The summed E-state index contributed by atoms with van der Waals surface area (Å²) in [4.78, 5) is 0. The summed E-state index contributed by atoms with van der Waals surface area (Å²) in [5.41, 5.74) is 1.71. The molecule has 0 radical (unpaired) electrons. The number of unbranched alkanes of at least 4 members (excludes halogenated alkanes) is 4. The van der Waals surface area contributed by atoms with Crippen molar-refractivity contribution in [1.29, 1.82) is 0 Å². The first kappa shape index (κ1) is 18.9. The molecule has 0 heterocycles. The van der Waals surface area contributed by atoms with Crippen molar-refractivity contribution < 1.29 is 8.78 Å². The smallest absolute Gasteiger partial charge is 0.162 e. The lowest BCUT2D eigenvalue weighted by molar-refractivity contribution is 0.182. The molecule has 1 fully saturated rings. The van der Waals surface area contributed by atoms with E-state index in [1.54, 1.807) is 0 Å². The van der Waals surface area contributed by atoms with E-state index in [0.29, 0.717) is 11.5 Å². The van der Waals surface area contributed by atoms with Crippen LogP contribution in [0.4, 0.5) is 8.78 Å². The predicted octanol–water partition coefficient (Wildman–Crippen LogP) is 7.24. The molecule has 0 aliphatic heterocycles. The van der Waals surface area contributed by atoms with Gasteiger partial charge in [0.05, 0.1) is 0 Å². The predicted molar refractivity (Wildman–Crippen MR) is 101 cm³/mol. The minimum absolute atomic E-state index is 0.595. The first-order chi connectivity index (χ1) is 12.2. The highest BCUT2D eigenvalue weighted by Gasteiger charge is 2.31. The lowest BCUT2D eigenvalue weighted by Crippen LogP contribution is -2.27. The Hall–Kier alpha value is -0.920. The van der Waals surface area contributed by atoms with Gasteiger partial charge in [-0.2, -0.15) is 0 Å². The van der Waals surface area contributed by atoms with Gasteiger partial charge < -0.3 is 0 Å². The normalized spacial score (nSPS) is 26.4. The molecule has 1 aromatic rings. The van der Waals surface area contributed by atoms with Gasteiger partial charge in [0.25, 0.3) is 0 Å². The maximum atomic E-state index is 13.9. The highest BCUT2D eigenvalue weighted by Crippen LogP contribution is 2.41. The van der Waals surface area contributed by atoms with Crippen molar-refractivity contribution in [2.45, 2.75) is 90.4 Å². The topological polar surface area (TPSA) is 0 Å². The third kappa shape index (κ3) is 4.83. The zero-order chi connectivity index (χ0) is 17.6. The average molecular weight is 349 g/mol. The van der Waals surface area contributed by atoms with Crippen molar-refractivity contribution in [1.82, 2.24) is 0 Å². The number of rotatable bonds is 7. The van der Waals surface area contributed by atoms with Gasteiger partial charge in [-0.1, -0.05) is 64.4 Å². The van der Waals surface area contributed by atoms with E-state index in [2.05, 4.69) is 6.92 Å². The van der Waals surface area contributed by atoms with Crippen molar-refractivity contribution in [3.8, 4) is 0 Å². The number of hydrogen-bond donors (Lipinski definition) is 0. The fourth-order valence-corrected chi connectivity index (χ4v) is 5.20. The van der Waals surface area contributed by atoms with Gasteiger partial charge in [-0.25, -0.2) is 8.78 Å². The zero-order valence-electron chi connectivity index (χ0n) is 15.8. The van der Waals surface area contributed by atoms with Crippen LogP contribution >= 0.6 is 0 Å². The number of halogens is 2. The van der Waals surface area contributed by atoms with Crippen LogP contribution in [0.15, 0.2) is 12.1 Å². The van der Waals surface area contributed by atoms with Crippen LogP contribution < -0.4 is 0 Å². The summed E-state index contributed by atoms with van der Waals surface area (Å²) < 4.78 is 27.3. The Bertz CT molecular complexity index is 543. The van der Waals surface area contributed by atoms with Gasteiger partial charge in [0, 0.05) is 0 Å². The van der Waals surface area contributed by atoms with E-state index >= 15 is 0 Å². The second-order valence-electron chi connectivity index (χ2n) is 8.49. The molecule has 2 aliphatic rings. The van der Waals surface area contributed by atoms with Gasteiger partial charge in [0.1, 0.15) is 0 Å². The zero-order valence-corrected chi connectivity index (χ0v) is 15.8. The van der Waals surface area contributed by atoms with Crippen molar-refractivity contribution in [3.63, 3.8) is 0 Å². The second-order valence-corrected chi connectivity index (χ2v) is 8.49. The summed E-state index contributed by atoms with van der Waals surface area (Å²) in [5, 5.41) is 0. The molecule has 0 nitrogen and oxygen atoms in total. The van der Waals surface area contributed by atoms with E-state index in [-0.39, 0.29) is 0 Å². The Balaban J connectivity index is 1.44. The van der Waals surface area contributed by atoms with Crippen molar-refractivity contribution >= 4 is 0 Å². The Morgan fingerprint density at radius 2 is 1.64 bits per heavy atom. The average Bonchev–Trinajstić information content (AvgIpc) is 2.65. The van der Waals surface area contributed by atoms with Crippen LogP contribution in [-0.2, 0) is 12.8 Å². The van der Waals surface area contributed by atoms with Crippen molar-refractivity contribution in [2.75, 3.05) is 0 Å². The third-order valence-corrected chi connectivity index (χ3v) is 6.81. The van der Waals surface area contributed by atoms with Gasteiger partial charge >= 0.3 is 0 Å². The number of fused-ring (bicyclic) bond motifs is 1. The lowest BCUT2D eigenvalue weighted by atomic mass is 9.69. The summed E-state index contributed by atoms with van der Waals surface area (Å²) in [7, 11) is 0. The Morgan fingerprint density at radius 1 is 0.880 bits per heavy atom. The Morgan fingerprint density at radius 3 is 2.40 bits per heavy atom. The maximum absolute atomic E-state index is 13.9. The van der Waals surface area contributed by atoms with Crippen LogP contribution in [0, 0.1) is 29.4 Å². The molecule has 0 aromatic heterocycles. The quantitative estimate of drug-likeness (QED) is 0.456. The van der Waals surface area contributed by atoms with Crippen LogP contribution in [0.25, 0.3) is 0 Å². The molecule has 2 heteroatoms. The molecule has 1 saturated carbocycles. The summed E-state index contributed by atoms with van der Waals surface area (Å²) >= 11 is 0. The molecule has 25 heavy (non-hydrogen) atoms. The summed E-state index contributed by atoms with van der Waals surface area (Å²) in [6.45, 7) is 2.27. The van der Waals surface area contributed by atoms with E-state index in [4.69, 9.17) is 0 Å². The van der Waals surface area contributed by atoms with Gasteiger partial charge in [-0.15, -0.1) is 0 Å². The molecule has 3 rings (SSSR count). The van der Waals surface area contributed by atoms with Gasteiger partial charge in [0.15, 0.2) is 11.6 Å². The molecular weight excluding hydrogens is 314 g/mol. The largest absolute Gasteiger partial charge is 0.204 e. The monoisotopic (exact) mass is 348 g/mol. The van der Waals surface area contributed by atoms with E-state index < -0.39 is 11.6 Å². The SMILES string of the molecule is CCCCCCCC1CCC(C2CCc3c(ccc(F)c3F)C2)CC1. The third-order valence-electron chi connectivity index (χ3n) is 6.81. The van der Waals surface area contributed by atoms with E-state index in [0.717, 1.165) is 36.7 Å². The van der Waals surface area contributed by atoms with Crippen LogP contribution in [0.2, 0.25) is 0 Å². The number of hydrogen-bond acceptors (Lipinski definition) is 0. The van der Waals surface area contributed by atoms with E-state index in [1.807, 2.05) is 6.07 Å². The minimum atomic E-state index is -0.684. The minimum Gasteiger partial charge on any atom is -0.204 e. The highest BCUT2D eigenvalue weighted by atomic mass is 19.2. The van der Waals surface area contributed by atoms with E-state index in [9.17, 15) is 8.78 Å². The fourth-order valence-electron chi connectivity index (χ4n) is 5.20. The molecule has 0 bridgehead atoms. The second kappa shape index (κ2) is 9.14. The summed E-state index contributed by atoms with van der Waals surface area (Å²) in [6.07, 6.45) is 16.6. The molecule has 140 valence electrons. The van der Waals surface area contributed by atoms with Crippen LogP contribution in [0.3, 0.4) is 0 Å². The highest BCUT2D eigenvalue weighted by molar-refractivity contribution is 5.32. The molecular formula is C23H34F2.